The number of imidazole rings is 1. The summed E-state index contributed by atoms with van der Waals surface area (Å²) in [6.07, 6.45) is 2.33. The van der Waals surface area contributed by atoms with Gasteiger partial charge in [0.15, 0.2) is 5.65 Å². The molecule has 0 spiro atoms. The van der Waals surface area contributed by atoms with E-state index in [4.69, 9.17) is 5.11 Å². The molecule has 0 aliphatic rings. The minimum Gasteiger partial charge on any atom is -0.396 e. The topological polar surface area (TPSA) is 50.9 Å². The second-order valence-corrected chi connectivity index (χ2v) is 5.05. The van der Waals surface area contributed by atoms with E-state index >= 15 is 0 Å². The van der Waals surface area contributed by atoms with E-state index in [9.17, 15) is 0 Å². The summed E-state index contributed by atoms with van der Waals surface area (Å²) >= 11 is 1.72. The van der Waals surface area contributed by atoms with E-state index < -0.39 is 0 Å². The van der Waals surface area contributed by atoms with E-state index in [1.165, 1.54) is 4.88 Å². The lowest BCUT2D eigenvalue weighted by Gasteiger charge is -2.05. The normalized spacial score (nSPS) is 11.2. The molecule has 0 amide bonds. The van der Waals surface area contributed by atoms with Crippen LogP contribution in [-0.2, 0) is 13.0 Å². The number of fused-ring (bicyclic) bond motifs is 1. The lowest BCUT2D eigenvalue weighted by molar-refractivity contribution is 0.295. The van der Waals surface area contributed by atoms with Crippen molar-refractivity contribution in [1.29, 1.82) is 0 Å². The van der Waals surface area contributed by atoms with Gasteiger partial charge in [-0.05, 0) is 23.6 Å². The molecule has 3 aromatic rings. The molecular formula is C13H13N3OS. The molecule has 0 aromatic carbocycles. The number of hydrogen-bond acceptors (Lipinski definition) is 4. The third kappa shape index (κ3) is 2.02. The number of rotatable bonds is 4. The second-order valence-electron chi connectivity index (χ2n) is 4.01. The Morgan fingerprint density at radius 1 is 1.28 bits per heavy atom. The number of hydrogen-bond donors (Lipinski definition) is 1. The number of aromatic nitrogens is 3. The zero-order valence-electron chi connectivity index (χ0n) is 9.78. The van der Waals surface area contributed by atoms with Crippen molar-refractivity contribution in [1.82, 2.24) is 14.5 Å². The zero-order chi connectivity index (χ0) is 12.4. The van der Waals surface area contributed by atoms with Gasteiger partial charge in [-0.3, -0.25) is 0 Å². The van der Waals surface area contributed by atoms with Crippen molar-refractivity contribution in [2.75, 3.05) is 6.61 Å². The minimum atomic E-state index is 0.105. The first kappa shape index (κ1) is 11.4. The molecule has 3 rings (SSSR count). The van der Waals surface area contributed by atoms with Crippen LogP contribution in [0.25, 0.3) is 11.2 Å². The summed E-state index contributed by atoms with van der Waals surface area (Å²) in [7, 11) is 0. The third-order valence-electron chi connectivity index (χ3n) is 2.81. The van der Waals surface area contributed by atoms with Crippen LogP contribution >= 0.6 is 11.3 Å². The van der Waals surface area contributed by atoms with Crippen LogP contribution < -0.4 is 0 Å². The van der Waals surface area contributed by atoms with Crippen molar-refractivity contribution >= 4 is 22.5 Å². The Morgan fingerprint density at radius 3 is 3.00 bits per heavy atom. The van der Waals surface area contributed by atoms with Crippen molar-refractivity contribution in [3.8, 4) is 0 Å². The highest BCUT2D eigenvalue weighted by atomic mass is 32.1. The molecule has 3 heterocycles. The highest BCUT2D eigenvalue weighted by Crippen LogP contribution is 2.18. The summed E-state index contributed by atoms with van der Waals surface area (Å²) in [5.41, 5.74) is 1.77. The van der Waals surface area contributed by atoms with Crippen molar-refractivity contribution in [3.63, 3.8) is 0 Å². The van der Waals surface area contributed by atoms with Gasteiger partial charge in [0, 0.05) is 17.5 Å². The first-order valence-electron chi connectivity index (χ1n) is 5.82. The summed E-state index contributed by atoms with van der Waals surface area (Å²) in [6.45, 7) is 0.869. The van der Waals surface area contributed by atoms with Gasteiger partial charge in [0.05, 0.1) is 13.2 Å². The molecule has 18 heavy (non-hydrogen) atoms. The second kappa shape index (κ2) is 4.88. The van der Waals surface area contributed by atoms with Gasteiger partial charge in [0.1, 0.15) is 11.3 Å². The Kier molecular flexibility index (Phi) is 3.08. The largest absolute Gasteiger partial charge is 0.396 e. The van der Waals surface area contributed by atoms with Gasteiger partial charge in [0.2, 0.25) is 0 Å². The van der Waals surface area contributed by atoms with Crippen molar-refractivity contribution in [2.45, 2.75) is 13.0 Å². The number of aliphatic hydroxyl groups excluding tert-OH is 1. The summed E-state index contributed by atoms with van der Waals surface area (Å²) in [5.74, 6) is 0.889. The summed E-state index contributed by atoms with van der Waals surface area (Å²) in [6, 6.07) is 7.97. The fourth-order valence-corrected chi connectivity index (χ4v) is 2.71. The van der Waals surface area contributed by atoms with E-state index in [1.807, 2.05) is 18.2 Å². The standard InChI is InChI=1S/C13H13N3OS/c17-7-5-12-15-11-4-1-6-14-13(11)16(12)9-10-3-2-8-18-10/h1-4,6,8,17H,5,7,9H2. The fraction of sp³-hybridized carbons (Fsp3) is 0.231. The predicted molar refractivity (Wildman–Crippen MR) is 71.7 cm³/mol. The maximum absolute atomic E-state index is 9.12. The van der Waals surface area contributed by atoms with Crippen molar-refractivity contribution in [3.05, 3.63) is 46.5 Å². The molecule has 0 bridgehead atoms. The van der Waals surface area contributed by atoms with Crippen molar-refractivity contribution < 1.29 is 5.11 Å². The van der Waals surface area contributed by atoms with Crippen LogP contribution in [-0.4, -0.2) is 26.2 Å². The van der Waals surface area contributed by atoms with E-state index in [0.717, 1.165) is 23.5 Å². The fourth-order valence-electron chi connectivity index (χ4n) is 2.02. The van der Waals surface area contributed by atoms with Gasteiger partial charge >= 0.3 is 0 Å². The highest BCUT2D eigenvalue weighted by molar-refractivity contribution is 7.09. The number of aliphatic hydroxyl groups is 1. The third-order valence-corrected chi connectivity index (χ3v) is 3.67. The van der Waals surface area contributed by atoms with Gasteiger partial charge in [-0.15, -0.1) is 11.3 Å². The van der Waals surface area contributed by atoms with Gasteiger partial charge in [0.25, 0.3) is 0 Å². The van der Waals surface area contributed by atoms with E-state index in [1.54, 1.807) is 17.5 Å². The molecule has 5 heteroatoms. The molecule has 0 atom stereocenters. The molecule has 0 saturated carbocycles. The summed E-state index contributed by atoms with van der Waals surface area (Å²) in [5, 5.41) is 11.2. The first-order chi connectivity index (χ1) is 8.88. The Bertz CT molecular complexity index is 645. The van der Waals surface area contributed by atoms with Gasteiger partial charge in [-0.25, -0.2) is 9.97 Å². The van der Waals surface area contributed by atoms with Crippen LogP contribution in [0.5, 0.6) is 0 Å². The molecule has 0 unspecified atom stereocenters. The molecule has 0 aliphatic carbocycles. The molecule has 1 N–H and O–H groups in total. The SMILES string of the molecule is OCCc1nc2cccnc2n1Cc1cccs1. The van der Waals surface area contributed by atoms with Crippen LogP contribution in [0.2, 0.25) is 0 Å². The molecule has 3 aromatic heterocycles. The van der Waals surface area contributed by atoms with Crippen molar-refractivity contribution in [2.24, 2.45) is 0 Å². The lowest BCUT2D eigenvalue weighted by Crippen LogP contribution is -2.06. The molecule has 0 saturated heterocycles. The van der Waals surface area contributed by atoms with E-state index in [0.29, 0.717) is 6.42 Å². The van der Waals surface area contributed by atoms with Gasteiger partial charge in [-0.1, -0.05) is 6.07 Å². The Labute approximate surface area is 109 Å². The monoisotopic (exact) mass is 259 g/mol. The highest BCUT2D eigenvalue weighted by Gasteiger charge is 2.11. The molecule has 0 radical (unpaired) electrons. The predicted octanol–water partition coefficient (Wildman–Crippen LogP) is 2.08. The summed E-state index contributed by atoms with van der Waals surface area (Å²) < 4.78 is 2.08. The van der Waals surface area contributed by atoms with Crippen LogP contribution in [0, 0.1) is 0 Å². The zero-order valence-corrected chi connectivity index (χ0v) is 10.6. The number of thiophene rings is 1. The Morgan fingerprint density at radius 2 is 2.22 bits per heavy atom. The minimum absolute atomic E-state index is 0.105. The molecular weight excluding hydrogens is 246 g/mol. The van der Waals surface area contributed by atoms with E-state index in [-0.39, 0.29) is 6.61 Å². The van der Waals surface area contributed by atoms with Crippen LogP contribution in [0.15, 0.2) is 35.8 Å². The Balaban J connectivity index is 2.09. The Hall–Kier alpha value is -1.72. The average Bonchev–Trinajstić information content (AvgIpc) is 3.00. The van der Waals surface area contributed by atoms with Gasteiger partial charge < -0.3 is 9.67 Å². The lowest BCUT2D eigenvalue weighted by atomic mass is 10.4. The quantitative estimate of drug-likeness (QED) is 0.780. The molecule has 92 valence electrons. The maximum atomic E-state index is 9.12. The number of nitrogens with zero attached hydrogens (tertiary/aromatic N) is 3. The van der Waals surface area contributed by atoms with Crippen LogP contribution in [0.3, 0.4) is 0 Å². The van der Waals surface area contributed by atoms with E-state index in [2.05, 4.69) is 26.0 Å². The summed E-state index contributed by atoms with van der Waals surface area (Å²) in [4.78, 5) is 10.2. The van der Waals surface area contributed by atoms with Crippen LogP contribution in [0.4, 0.5) is 0 Å². The maximum Gasteiger partial charge on any atom is 0.160 e. The molecule has 0 aliphatic heterocycles. The first-order valence-corrected chi connectivity index (χ1v) is 6.70. The molecule has 4 nitrogen and oxygen atoms in total. The average molecular weight is 259 g/mol. The number of pyridine rings is 1. The molecule has 0 fully saturated rings. The van der Waals surface area contributed by atoms with Gasteiger partial charge in [-0.2, -0.15) is 0 Å². The van der Waals surface area contributed by atoms with Crippen LogP contribution in [0.1, 0.15) is 10.7 Å². The smallest absolute Gasteiger partial charge is 0.160 e.